The molecule has 2 rings (SSSR count). The molecule has 31 heavy (non-hydrogen) atoms. The van der Waals surface area contributed by atoms with Crippen LogP contribution in [0.4, 0.5) is 5.69 Å². The summed E-state index contributed by atoms with van der Waals surface area (Å²) in [7, 11) is 0. The van der Waals surface area contributed by atoms with Crippen molar-refractivity contribution >= 4 is 52.8 Å². The molecule has 0 saturated heterocycles. The fourth-order valence-electron chi connectivity index (χ4n) is 2.26. The summed E-state index contributed by atoms with van der Waals surface area (Å²) in [5.41, 5.74) is 3.22. The molecule has 0 aromatic heterocycles. The van der Waals surface area contributed by atoms with E-state index in [4.69, 9.17) is 27.9 Å². The van der Waals surface area contributed by atoms with Crippen molar-refractivity contribution in [2.24, 2.45) is 5.10 Å². The molecular formula is C21H22Cl2N4O4. The Labute approximate surface area is 189 Å². The second-order valence-electron chi connectivity index (χ2n) is 6.55. The minimum absolute atomic E-state index is 0.107. The monoisotopic (exact) mass is 464 g/mol. The van der Waals surface area contributed by atoms with E-state index in [0.29, 0.717) is 33.5 Å². The van der Waals surface area contributed by atoms with Crippen molar-refractivity contribution in [2.75, 3.05) is 11.9 Å². The van der Waals surface area contributed by atoms with Crippen LogP contribution in [-0.4, -0.2) is 36.6 Å². The first-order valence-corrected chi connectivity index (χ1v) is 10.1. The first-order valence-electron chi connectivity index (χ1n) is 9.39. The van der Waals surface area contributed by atoms with Crippen LogP contribution >= 0.6 is 23.2 Å². The predicted octanol–water partition coefficient (Wildman–Crippen LogP) is 3.38. The van der Waals surface area contributed by atoms with Gasteiger partial charge in [-0.15, -0.1) is 0 Å². The molecule has 164 valence electrons. The van der Waals surface area contributed by atoms with Crippen LogP contribution in [0.15, 0.2) is 47.6 Å². The van der Waals surface area contributed by atoms with Crippen molar-refractivity contribution in [1.29, 1.82) is 0 Å². The van der Waals surface area contributed by atoms with E-state index in [9.17, 15) is 14.4 Å². The van der Waals surface area contributed by atoms with Crippen LogP contribution in [0.25, 0.3) is 0 Å². The molecule has 0 fully saturated rings. The van der Waals surface area contributed by atoms with Crippen molar-refractivity contribution in [2.45, 2.75) is 26.3 Å². The summed E-state index contributed by atoms with van der Waals surface area (Å²) in [5, 5.41) is 9.74. The summed E-state index contributed by atoms with van der Waals surface area (Å²) in [5.74, 6) is -1.58. The molecule has 0 heterocycles. The Balaban J connectivity index is 1.85. The van der Waals surface area contributed by atoms with Gasteiger partial charge in [-0.2, -0.15) is 5.10 Å². The van der Waals surface area contributed by atoms with Crippen molar-refractivity contribution < 1.29 is 19.1 Å². The van der Waals surface area contributed by atoms with E-state index in [2.05, 4.69) is 21.2 Å². The average Bonchev–Trinajstić information content (AvgIpc) is 2.71. The molecule has 0 spiro atoms. The number of carbonyl (C=O) groups is 3. The largest absolute Gasteiger partial charge is 0.484 e. The highest BCUT2D eigenvalue weighted by Crippen LogP contribution is 2.22. The normalized spacial score (nSPS) is 11.6. The molecule has 8 nitrogen and oxygen atoms in total. The van der Waals surface area contributed by atoms with Gasteiger partial charge in [0.1, 0.15) is 5.75 Å². The number of nitrogens with zero attached hydrogens (tertiary/aromatic N) is 1. The quantitative estimate of drug-likeness (QED) is 0.316. The smallest absolute Gasteiger partial charge is 0.329 e. The van der Waals surface area contributed by atoms with E-state index in [-0.39, 0.29) is 12.6 Å². The molecule has 3 N–H and O–H groups in total. The van der Waals surface area contributed by atoms with Crippen molar-refractivity contribution in [3.05, 3.63) is 58.1 Å². The Hall–Kier alpha value is -3.10. The highest BCUT2D eigenvalue weighted by atomic mass is 35.5. The number of carbonyl (C=O) groups excluding carboxylic acids is 3. The molecular weight excluding hydrogens is 443 g/mol. The van der Waals surface area contributed by atoms with Crippen LogP contribution in [0, 0.1) is 0 Å². The summed E-state index contributed by atoms with van der Waals surface area (Å²) in [6.45, 7) is 3.45. The number of anilines is 1. The lowest BCUT2D eigenvalue weighted by atomic mass is 10.2. The van der Waals surface area contributed by atoms with Crippen LogP contribution in [0.5, 0.6) is 5.75 Å². The number of halogens is 2. The average molecular weight is 465 g/mol. The van der Waals surface area contributed by atoms with Crippen molar-refractivity contribution in [3.8, 4) is 5.75 Å². The molecule has 2 aromatic carbocycles. The van der Waals surface area contributed by atoms with Gasteiger partial charge in [0.2, 0.25) is 0 Å². The van der Waals surface area contributed by atoms with Gasteiger partial charge in [0, 0.05) is 21.8 Å². The lowest BCUT2D eigenvalue weighted by Gasteiger charge is -2.09. The third-order valence-electron chi connectivity index (χ3n) is 3.95. The number of nitrogens with one attached hydrogen (secondary N) is 3. The van der Waals surface area contributed by atoms with E-state index in [0.717, 1.165) is 0 Å². The Morgan fingerprint density at radius 3 is 2.48 bits per heavy atom. The number of ether oxygens (including phenoxy) is 1. The van der Waals surface area contributed by atoms with E-state index < -0.39 is 17.7 Å². The summed E-state index contributed by atoms with van der Waals surface area (Å²) in [6, 6.07) is 11.3. The standard InChI is InChI=1S/C21H22Cl2N4O4/c1-3-13(2)25-20(29)21(30)27-24-11-14-5-4-6-18(7-14)31-12-19(28)26-17-9-15(22)8-16(23)10-17/h4-11,13H,3,12H2,1-2H3,(H,25,29)(H,26,28)(H,27,30)/b24-11-/t13-/m0/s1. The number of amides is 3. The summed E-state index contributed by atoms with van der Waals surface area (Å²) >= 11 is 11.8. The number of rotatable bonds is 8. The van der Waals surface area contributed by atoms with Gasteiger partial charge < -0.3 is 15.4 Å². The third-order valence-corrected chi connectivity index (χ3v) is 4.39. The zero-order valence-corrected chi connectivity index (χ0v) is 18.5. The second-order valence-corrected chi connectivity index (χ2v) is 7.42. The molecule has 0 bridgehead atoms. The van der Waals surface area contributed by atoms with Crippen LogP contribution < -0.4 is 20.8 Å². The molecule has 3 amide bonds. The van der Waals surface area contributed by atoms with Gasteiger partial charge >= 0.3 is 11.8 Å². The van der Waals surface area contributed by atoms with Gasteiger partial charge in [0.05, 0.1) is 6.21 Å². The molecule has 0 saturated carbocycles. The van der Waals surface area contributed by atoms with E-state index in [1.165, 1.54) is 6.21 Å². The van der Waals surface area contributed by atoms with Crippen molar-refractivity contribution in [1.82, 2.24) is 10.7 Å². The SMILES string of the molecule is CC[C@H](C)NC(=O)C(=O)N/N=C\c1cccc(OCC(=O)Nc2cc(Cl)cc(Cl)c2)c1. The van der Waals surface area contributed by atoms with Crippen LogP contribution in [-0.2, 0) is 14.4 Å². The molecule has 2 aromatic rings. The molecule has 0 unspecified atom stereocenters. The molecule has 0 aliphatic heterocycles. The van der Waals surface area contributed by atoms with Crippen molar-refractivity contribution in [3.63, 3.8) is 0 Å². The van der Waals surface area contributed by atoms with Gasteiger partial charge in [-0.25, -0.2) is 5.43 Å². The highest BCUT2D eigenvalue weighted by Gasteiger charge is 2.14. The topological polar surface area (TPSA) is 109 Å². The van der Waals surface area contributed by atoms with Gasteiger partial charge in [-0.1, -0.05) is 42.3 Å². The molecule has 10 heteroatoms. The zero-order valence-electron chi connectivity index (χ0n) is 16.9. The number of hydrazone groups is 1. The lowest BCUT2D eigenvalue weighted by Crippen LogP contribution is -2.41. The lowest BCUT2D eigenvalue weighted by molar-refractivity contribution is -0.139. The predicted molar refractivity (Wildman–Crippen MR) is 121 cm³/mol. The third kappa shape index (κ3) is 8.65. The summed E-state index contributed by atoms with van der Waals surface area (Å²) < 4.78 is 5.47. The van der Waals surface area contributed by atoms with Gasteiger partial charge in [-0.3, -0.25) is 14.4 Å². The van der Waals surface area contributed by atoms with E-state index in [1.807, 2.05) is 6.92 Å². The maximum Gasteiger partial charge on any atom is 0.329 e. The van der Waals surface area contributed by atoms with Gasteiger partial charge in [0.15, 0.2) is 6.61 Å². The van der Waals surface area contributed by atoms with Gasteiger partial charge in [-0.05, 0) is 49.2 Å². The minimum Gasteiger partial charge on any atom is -0.484 e. The summed E-state index contributed by atoms with van der Waals surface area (Å²) in [4.78, 5) is 35.4. The Bertz CT molecular complexity index is 961. The Morgan fingerprint density at radius 1 is 1.10 bits per heavy atom. The fraction of sp³-hybridized carbons (Fsp3) is 0.238. The number of hydrogen-bond donors (Lipinski definition) is 3. The fourth-order valence-corrected chi connectivity index (χ4v) is 2.79. The maximum absolute atomic E-state index is 12.1. The first kappa shape index (κ1) is 24.2. The molecule has 1 atom stereocenters. The Morgan fingerprint density at radius 2 is 1.81 bits per heavy atom. The number of hydrogen-bond acceptors (Lipinski definition) is 5. The van der Waals surface area contributed by atoms with Gasteiger partial charge in [0.25, 0.3) is 5.91 Å². The molecule has 0 aliphatic rings. The Kier molecular flexibility index (Phi) is 9.30. The van der Waals surface area contributed by atoms with Crippen LogP contribution in [0.3, 0.4) is 0 Å². The second kappa shape index (κ2) is 11.9. The molecule has 0 aliphatic carbocycles. The summed E-state index contributed by atoms with van der Waals surface area (Å²) in [6.07, 6.45) is 2.06. The highest BCUT2D eigenvalue weighted by molar-refractivity contribution is 6.35. The van der Waals surface area contributed by atoms with E-state index in [1.54, 1.807) is 49.4 Å². The first-order chi connectivity index (χ1) is 14.8. The van der Waals surface area contributed by atoms with Crippen LogP contribution in [0.2, 0.25) is 10.0 Å². The minimum atomic E-state index is -0.859. The number of benzene rings is 2. The van der Waals surface area contributed by atoms with Crippen LogP contribution in [0.1, 0.15) is 25.8 Å². The maximum atomic E-state index is 12.1. The molecule has 0 radical (unpaired) electrons. The van der Waals surface area contributed by atoms with E-state index >= 15 is 0 Å². The zero-order chi connectivity index (χ0) is 22.8.